The van der Waals surface area contributed by atoms with E-state index < -0.39 is 6.10 Å². The lowest BCUT2D eigenvalue weighted by atomic mass is 10.1. The molecule has 1 fully saturated rings. The SMILES string of the molecule is Cc1cccc(C(O)CNC(=O)CN(C)C2CCSC2)c1. The van der Waals surface area contributed by atoms with E-state index in [-0.39, 0.29) is 12.5 Å². The van der Waals surface area contributed by atoms with Gasteiger partial charge in [-0.15, -0.1) is 0 Å². The first-order valence-corrected chi connectivity index (χ1v) is 8.51. The van der Waals surface area contributed by atoms with E-state index in [2.05, 4.69) is 10.2 Å². The molecule has 116 valence electrons. The van der Waals surface area contributed by atoms with Crippen LogP contribution in [-0.2, 0) is 4.79 Å². The van der Waals surface area contributed by atoms with Crippen LogP contribution in [0.5, 0.6) is 0 Å². The molecule has 2 atom stereocenters. The standard InChI is InChI=1S/C16H24N2O2S/c1-12-4-3-5-13(8-12)15(19)9-17-16(20)10-18(2)14-6-7-21-11-14/h3-5,8,14-15,19H,6-7,9-11H2,1-2H3,(H,17,20). The first-order valence-electron chi connectivity index (χ1n) is 7.35. The molecule has 0 bridgehead atoms. The summed E-state index contributed by atoms with van der Waals surface area (Å²) < 4.78 is 0. The number of benzene rings is 1. The van der Waals surface area contributed by atoms with Crippen molar-refractivity contribution >= 4 is 17.7 Å². The number of aliphatic hydroxyl groups excluding tert-OH is 1. The number of nitrogens with one attached hydrogen (secondary N) is 1. The monoisotopic (exact) mass is 308 g/mol. The molecule has 1 heterocycles. The average molecular weight is 308 g/mol. The van der Waals surface area contributed by atoms with Crippen molar-refractivity contribution < 1.29 is 9.90 Å². The molecule has 5 heteroatoms. The van der Waals surface area contributed by atoms with Gasteiger partial charge in [-0.05, 0) is 31.7 Å². The van der Waals surface area contributed by atoms with Crippen LogP contribution in [0.25, 0.3) is 0 Å². The van der Waals surface area contributed by atoms with Crippen LogP contribution < -0.4 is 5.32 Å². The van der Waals surface area contributed by atoms with E-state index in [4.69, 9.17) is 0 Å². The summed E-state index contributed by atoms with van der Waals surface area (Å²) >= 11 is 1.94. The summed E-state index contributed by atoms with van der Waals surface area (Å²) in [6, 6.07) is 8.23. The van der Waals surface area contributed by atoms with Crippen LogP contribution in [-0.4, -0.2) is 53.6 Å². The number of amides is 1. The number of thioether (sulfide) groups is 1. The zero-order valence-corrected chi connectivity index (χ0v) is 13.5. The van der Waals surface area contributed by atoms with E-state index in [0.29, 0.717) is 12.6 Å². The predicted octanol–water partition coefficient (Wildman–Crippen LogP) is 1.58. The Morgan fingerprint density at radius 2 is 2.38 bits per heavy atom. The first-order chi connectivity index (χ1) is 10.1. The van der Waals surface area contributed by atoms with Crippen LogP contribution in [0.2, 0.25) is 0 Å². The molecule has 21 heavy (non-hydrogen) atoms. The molecule has 0 radical (unpaired) electrons. The molecule has 4 nitrogen and oxygen atoms in total. The third-order valence-electron chi connectivity index (χ3n) is 3.84. The summed E-state index contributed by atoms with van der Waals surface area (Å²) in [6.07, 6.45) is 0.501. The van der Waals surface area contributed by atoms with Gasteiger partial charge >= 0.3 is 0 Å². The Labute approximate surface area is 130 Å². The molecule has 0 aliphatic carbocycles. The topological polar surface area (TPSA) is 52.6 Å². The number of carbonyl (C=O) groups is 1. The van der Waals surface area contributed by atoms with Gasteiger partial charge in [-0.1, -0.05) is 29.8 Å². The van der Waals surface area contributed by atoms with Crippen LogP contribution in [0.3, 0.4) is 0 Å². The highest BCUT2D eigenvalue weighted by molar-refractivity contribution is 7.99. The molecule has 1 saturated heterocycles. The Hall–Kier alpha value is -1.04. The number of rotatable bonds is 6. The van der Waals surface area contributed by atoms with E-state index in [0.717, 1.165) is 23.3 Å². The van der Waals surface area contributed by atoms with Crippen molar-refractivity contribution in [1.29, 1.82) is 0 Å². The summed E-state index contributed by atoms with van der Waals surface area (Å²) in [7, 11) is 1.99. The molecule has 1 aliphatic rings. The van der Waals surface area contributed by atoms with E-state index >= 15 is 0 Å². The quantitative estimate of drug-likeness (QED) is 0.838. The van der Waals surface area contributed by atoms with Gasteiger partial charge in [-0.25, -0.2) is 0 Å². The molecule has 1 aromatic rings. The van der Waals surface area contributed by atoms with Crippen LogP contribution in [0.15, 0.2) is 24.3 Å². The van der Waals surface area contributed by atoms with Crippen molar-refractivity contribution in [2.75, 3.05) is 31.6 Å². The van der Waals surface area contributed by atoms with Gasteiger partial charge in [0.05, 0.1) is 12.6 Å². The predicted molar refractivity (Wildman–Crippen MR) is 87.5 cm³/mol. The van der Waals surface area contributed by atoms with Crippen molar-refractivity contribution in [3.05, 3.63) is 35.4 Å². The van der Waals surface area contributed by atoms with Gasteiger partial charge in [-0.2, -0.15) is 11.8 Å². The van der Waals surface area contributed by atoms with E-state index in [9.17, 15) is 9.90 Å². The molecule has 1 aromatic carbocycles. The van der Waals surface area contributed by atoms with Crippen LogP contribution >= 0.6 is 11.8 Å². The second-order valence-corrected chi connectivity index (χ2v) is 6.82. The molecule has 2 N–H and O–H groups in total. The number of hydrogen-bond donors (Lipinski definition) is 2. The van der Waals surface area contributed by atoms with E-state index in [1.165, 1.54) is 5.75 Å². The van der Waals surface area contributed by atoms with E-state index in [1.807, 2.05) is 50.0 Å². The van der Waals surface area contributed by atoms with Crippen molar-refractivity contribution in [1.82, 2.24) is 10.2 Å². The molecule has 2 rings (SSSR count). The minimum atomic E-state index is -0.652. The highest BCUT2D eigenvalue weighted by Gasteiger charge is 2.21. The Kier molecular flexibility index (Phi) is 6.08. The van der Waals surface area contributed by atoms with Crippen LogP contribution in [0.4, 0.5) is 0 Å². The number of carbonyl (C=O) groups excluding carboxylic acids is 1. The first kappa shape index (κ1) is 16.3. The van der Waals surface area contributed by atoms with Crippen molar-refractivity contribution in [3.8, 4) is 0 Å². The number of aryl methyl sites for hydroxylation is 1. The maximum atomic E-state index is 11.9. The zero-order valence-electron chi connectivity index (χ0n) is 12.7. The minimum absolute atomic E-state index is 0.0268. The third-order valence-corrected chi connectivity index (χ3v) is 4.99. The maximum Gasteiger partial charge on any atom is 0.234 e. The van der Waals surface area contributed by atoms with Gasteiger partial charge < -0.3 is 10.4 Å². The Morgan fingerprint density at radius 1 is 1.57 bits per heavy atom. The smallest absolute Gasteiger partial charge is 0.234 e. The second kappa shape index (κ2) is 7.82. The lowest BCUT2D eigenvalue weighted by molar-refractivity contribution is -0.122. The van der Waals surface area contributed by atoms with Gasteiger partial charge in [0, 0.05) is 18.3 Å². The zero-order chi connectivity index (χ0) is 15.2. The lowest BCUT2D eigenvalue weighted by Gasteiger charge is -2.23. The van der Waals surface area contributed by atoms with E-state index in [1.54, 1.807) is 0 Å². The molecule has 0 spiro atoms. The van der Waals surface area contributed by atoms with Gasteiger partial charge in [0.25, 0.3) is 0 Å². The average Bonchev–Trinajstić information content (AvgIpc) is 2.99. The highest BCUT2D eigenvalue weighted by atomic mass is 32.2. The Balaban J connectivity index is 1.75. The number of nitrogens with zero attached hydrogens (tertiary/aromatic N) is 1. The molecule has 0 saturated carbocycles. The van der Waals surface area contributed by atoms with Crippen molar-refractivity contribution in [2.24, 2.45) is 0 Å². The molecule has 2 unspecified atom stereocenters. The van der Waals surface area contributed by atoms with Crippen molar-refractivity contribution in [2.45, 2.75) is 25.5 Å². The molecule has 1 amide bonds. The van der Waals surface area contributed by atoms with Gasteiger partial charge in [0.2, 0.25) is 5.91 Å². The summed E-state index contributed by atoms with van der Waals surface area (Å²) in [5, 5.41) is 12.9. The molecule has 0 aromatic heterocycles. The normalized spacial score (nSPS) is 19.7. The highest BCUT2D eigenvalue weighted by Crippen LogP contribution is 2.21. The van der Waals surface area contributed by atoms with Gasteiger partial charge in [-0.3, -0.25) is 9.69 Å². The van der Waals surface area contributed by atoms with Crippen LogP contribution in [0.1, 0.15) is 23.7 Å². The fourth-order valence-corrected chi connectivity index (χ4v) is 3.79. The largest absolute Gasteiger partial charge is 0.387 e. The van der Waals surface area contributed by atoms with Crippen molar-refractivity contribution in [3.63, 3.8) is 0 Å². The minimum Gasteiger partial charge on any atom is -0.387 e. The Morgan fingerprint density at radius 3 is 3.05 bits per heavy atom. The fraction of sp³-hybridized carbons (Fsp3) is 0.562. The maximum absolute atomic E-state index is 11.9. The fourth-order valence-electron chi connectivity index (χ4n) is 2.49. The lowest BCUT2D eigenvalue weighted by Crippen LogP contribution is -2.41. The van der Waals surface area contributed by atoms with Crippen LogP contribution in [0, 0.1) is 6.92 Å². The Bertz CT molecular complexity index is 475. The summed E-state index contributed by atoms with van der Waals surface area (Å²) in [6.45, 7) is 2.64. The summed E-state index contributed by atoms with van der Waals surface area (Å²) in [4.78, 5) is 14.0. The molecular weight excluding hydrogens is 284 g/mol. The third kappa shape index (κ3) is 5.02. The summed E-state index contributed by atoms with van der Waals surface area (Å²) in [5.74, 6) is 2.26. The van der Waals surface area contributed by atoms with Gasteiger partial charge in [0.15, 0.2) is 0 Å². The number of likely N-dealkylation sites (N-methyl/N-ethyl adjacent to an activating group) is 1. The second-order valence-electron chi connectivity index (χ2n) is 5.67. The summed E-state index contributed by atoms with van der Waals surface area (Å²) in [5.41, 5.74) is 1.95. The number of aliphatic hydroxyl groups is 1. The number of hydrogen-bond acceptors (Lipinski definition) is 4. The van der Waals surface area contributed by atoms with Gasteiger partial charge in [0.1, 0.15) is 0 Å². The molecule has 1 aliphatic heterocycles. The molecular formula is C16H24N2O2S.